The molecule has 0 aliphatic heterocycles. The molecule has 1 atom stereocenters. The molecular weight excluding hydrogens is 226 g/mol. The summed E-state index contributed by atoms with van der Waals surface area (Å²) in [4.78, 5) is 0. The van der Waals surface area contributed by atoms with E-state index in [-0.39, 0.29) is 0 Å². The Hall–Kier alpha value is -0.870. The monoisotopic (exact) mass is 253 g/mol. The summed E-state index contributed by atoms with van der Waals surface area (Å²) in [5.74, 6) is 0. The molecule has 1 N–H and O–H groups in total. The van der Waals surface area contributed by atoms with Gasteiger partial charge in [0.2, 0.25) is 0 Å². The minimum absolute atomic E-state index is 0.520. The summed E-state index contributed by atoms with van der Waals surface area (Å²) in [5.41, 5.74) is 3.83. The van der Waals surface area contributed by atoms with Crippen LogP contribution in [0.1, 0.15) is 36.7 Å². The maximum Gasteiger partial charge on any atom is 0.0628 e. The summed E-state index contributed by atoms with van der Waals surface area (Å²) in [7, 11) is 3.77. The molecule has 4 heteroatoms. The topological polar surface area (TPSA) is 39.1 Å². The first-order valence-electron chi connectivity index (χ1n) is 6.81. The Morgan fingerprint density at radius 3 is 2.61 bits per heavy atom. The van der Waals surface area contributed by atoms with Crippen LogP contribution in [-0.2, 0) is 18.2 Å². The van der Waals surface area contributed by atoms with Crippen LogP contribution in [0.25, 0.3) is 0 Å². The first-order valence-corrected chi connectivity index (χ1v) is 6.81. The molecule has 1 aromatic heterocycles. The van der Waals surface area contributed by atoms with E-state index in [1.54, 1.807) is 7.11 Å². The lowest BCUT2D eigenvalue weighted by Crippen LogP contribution is -2.31. The van der Waals surface area contributed by atoms with Crippen molar-refractivity contribution in [2.24, 2.45) is 7.05 Å². The van der Waals surface area contributed by atoms with Crippen molar-refractivity contribution in [1.29, 1.82) is 0 Å². The normalized spacial score (nSPS) is 12.9. The van der Waals surface area contributed by atoms with Crippen LogP contribution in [0, 0.1) is 13.8 Å². The van der Waals surface area contributed by atoms with Gasteiger partial charge in [0, 0.05) is 32.5 Å². The Morgan fingerprint density at radius 2 is 2.11 bits per heavy atom. The average Bonchev–Trinajstić information content (AvgIpc) is 2.56. The third-order valence-corrected chi connectivity index (χ3v) is 3.50. The highest BCUT2D eigenvalue weighted by molar-refractivity contribution is 5.25. The Morgan fingerprint density at radius 1 is 1.39 bits per heavy atom. The molecular formula is C14H27N3O. The SMILES string of the molecule is CCNC(CCCOC)Cc1c(C)nn(C)c1C. The van der Waals surface area contributed by atoms with Crippen molar-refractivity contribution >= 4 is 0 Å². The van der Waals surface area contributed by atoms with Crippen molar-refractivity contribution in [2.75, 3.05) is 20.3 Å². The van der Waals surface area contributed by atoms with E-state index in [0.29, 0.717) is 6.04 Å². The van der Waals surface area contributed by atoms with Crippen molar-refractivity contribution in [2.45, 2.75) is 46.1 Å². The molecule has 0 spiro atoms. The molecule has 0 amide bonds. The number of rotatable bonds is 8. The van der Waals surface area contributed by atoms with Gasteiger partial charge >= 0.3 is 0 Å². The van der Waals surface area contributed by atoms with Gasteiger partial charge in [0.25, 0.3) is 0 Å². The van der Waals surface area contributed by atoms with Gasteiger partial charge in [-0.05, 0) is 45.2 Å². The second-order valence-corrected chi connectivity index (χ2v) is 4.87. The van der Waals surface area contributed by atoms with E-state index >= 15 is 0 Å². The maximum absolute atomic E-state index is 5.13. The number of ether oxygens (including phenoxy) is 1. The third-order valence-electron chi connectivity index (χ3n) is 3.50. The van der Waals surface area contributed by atoms with Crippen LogP contribution in [0.3, 0.4) is 0 Å². The number of aromatic nitrogens is 2. The Balaban J connectivity index is 2.64. The molecule has 0 bridgehead atoms. The van der Waals surface area contributed by atoms with E-state index in [9.17, 15) is 0 Å². The lowest BCUT2D eigenvalue weighted by molar-refractivity contribution is 0.188. The van der Waals surface area contributed by atoms with Crippen LogP contribution in [0.5, 0.6) is 0 Å². The molecule has 0 aliphatic rings. The third kappa shape index (κ3) is 4.10. The summed E-state index contributed by atoms with van der Waals surface area (Å²) in [6, 6.07) is 0.520. The van der Waals surface area contributed by atoms with E-state index in [1.165, 1.54) is 11.3 Å². The predicted octanol–water partition coefficient (Wildman–Crippen LogP) is 1.98. The molecule has 4 nitrogen and oxygen atoms in total. The molecule has 0 saturated heterocycles. The van der Waals surface area contributed by atoms with Crippen LogP contribution < -0.4 is 5.32 Å². The van der Waals surface area contributed by atoms with Crippen molar-refractivity contribution < 1.29 is 4.74 Å². The van der Waals surface area contributed by atoms with Crippen molar-refractivity contribution in [1.82, 2.24) is 15.1 Å². The van der Waals surface area contributed by atoms with E-state index in [2.05, 4.69) is 31.2 Å². The zero-order valence-electron chi connectivity index (χ0n) is 12.4. The van der Waals surface area contributed by atoms with Gasteiger partial charge in [-0.1, -0.05) is 6.92 Å². The second-order valence-electron chi connectivity index (χ2n) is 4.87. The Labute approximate surface area is 111 Å². The molecule has 1 aromatic rings. The lowest BCUT2D eigenvalue weighted by Gasteiger charge is -2.18. The van der Waals surface area contributed by atoms with Crippen LogP contribution in [0.15, 0.2) is 0 Å². The number of likely N-dealkylation sites (N-methyl/N-ethyl adjacent to an activating group) is 1. The smallest absolute Gasteiger partial charge is 0.0628 e. The zero-order valence-corrected chi connectivity index (χ0v) is 12.4. The first-order chi connectivity index (χ1) is 8.60. The number of nitrogens with zero attached hydrogens (tertiary/aromatic N) is 2. The van der Waals surface area contributed by atoms with Crippen molar-refractivity contribution in [3.05, 3.63) is 17.0 Å². The molecule has 0 saturated carbocycles. The molecule has 0 aliphatic carbocycles. The molecule has 0 aromatic carbocycles. The Kier molecular flexibility index (Phi) is 6.36. The molecule has 18 heavy (non-hydrogen) atoms. The number of aryl methyl sites for hydroxylation is 2. The number of hydrogen-bond acceptors (Lipinski definition) is 3. The van der Waals surface area contributed by atoms with Crippen LogP contribution in [0.2, 0.25) is 0 Å². The first kappa shape index (κ1) is 15.2. The number of methoxy groups -OCH3 is 1. The van der Waals surface area contributed by atoms with E-state index in [0.717, 1.165) is 38.1 Å². The van der Waals surface area contributed by atoms with Crippen molar-refractivity contribution in [3.8, 4) is 0 Å². The fourth-order valence-electron chi connectivity index (χ4n) is 2.40. The van der Waals surface area contributed by atoms with Crippen LogP contribution >= 0.6 is 0 Å². The van der Waals surface area contributed by atoms with Gasteiger partial charge in [-0.25, -0.2) is 0 Å². The summed E-state index contributed by atoms with van der Waals surface area (Å²) in [5, 5.41) is 8.05. The van der Waals surface area contributed by atoms with Gasteiger partial charge in [0.05, 0.1) is 5.69 Å². The molecule has 0 fully saturated rings. The van der Waals surface area contributed by atoms with Gasteiger partial charge in [-0.3, -0.25) is 4.68 Å². The maximum atomic E-state index is 5.13. The molecule has 1 heterocycles. The Bertz CT molecular complexity index is 360. The quantitative estimate of drug-likeness (QED) is 0.720. The van der Waals surface area contributed by atoms with E-state index < -0.39 is 0 Å². The van der Waals surface area contributed by atoms with Gasteiger partial charge in [0.15, 0.2) is 0 Å². The molecule has 104 valence electrons. The largest absolute Gasteiger partial charge is 0.385 e. The average molecular weight is 253 g/mol. The summed E-state index contributed by atoms with van der Waals surface area (Å²) < 4.78 is 7.10. The van der Waals surface area contributed by atoms with Gasteiger partial charge in [-0.15, -0.1) is 0 Å². The minimum Gasteiger partial charge on any atom is -0.385 e. The van der Waals surface area contributed by atoms with Crippen molar-refractivity contribution in [3.63, 3.8) is 0 Å². The second kappa shape index (κ2) is 7.54. The zero-order chi connectivity index (χ0) is 13.5. The standard InChI is InChI=1S/C14H27N3O/c1-6-15-13(8-7-9-18-5)10-14-11(2)16-17(4)12(14)3/h13,15H,6-10H2,1-5H3. The van der Waals surface area contributed by atoms with E-state index in [4.69, 9.17) is 4.74 Å². The van der Waals surface area contributed by atoms with Crippen LogP contribution in [-0.4, -0.2) is 36.1 Å². The molecule has 1 unspecified atom stereocenters. The van der Waals surface area contributed by atoms with Gasteiger partial charge in [-0.2, -0.15) is 5.10 Å². The number of nitrogens with one attached hydrogen (secondary N) is 1. The minimum atomic E-state index is 0.520. The van der Waals surface area contributed by atoms with Crippen LogP contribution in [0.4, 0.5) is 0 Å². The summed E-state index contributed by atoms with van der Waals surface area (Å²) in [6.45, 7) is 8.25. The lowest BCUT2D eigenvalue weighted by atomic mass is 10.0. The highest BCUT2D eigenvalue weighted by Crippen LogP contribution is 2.16. The highest BCUT2D eigenvalue weighted by atomic mass is 16.5. The fourth-order valence-corrected chi connectivity index (χ4v) is 2.40. The summed E-state index contributed by atoms with van der Waals surface area (Å²) >= 11 is 0. The van der Waals surface area contributed by atoms with Gasteiger partial charge in [0.1, 0.15) is 0 Å². The highest BCUT2D eigenvalue weighted by Gasteiger charge is 2.15. The molecule has 1 rings (SSSR count). The molecule has 0 radical (unpaired) electrons. The predicted molar refractivity (Wildman–Crippen MR) is 75.0 cm³/mol. The summed E-state index contributed by atoms with van der Waals surface area (Å²) in [6.07, 6.45) is 3.31. The van der Waals surface area contributed by atoms with E-state index in [1.807, 2.05) is 11.7 Å². The fraction of sp³-hybridized carbons (Fsp3) is 0.786. The number of hydrogen-bond donors (Lipinski definition) is 1. The van der Waals surface area contributed by atoms with Gasteiger partial charge < -0.3 is 10.1 Å².